The van der Waals surface area contributed by atoms with Crippen molar-refractivity contribution in [3.8, 4) is 0 Å². The molecular weight excluding hydrogens is 250 g/mol. The van der Waals surface area contributed by atoms with Gasteiger partial charge < -0.3 is 21.5 Å². The second-order valence-corrected chi connectivity index (χ2v) is 5.88. The van der Waals surface area contributed by atoms with E-state index in [0.29, 0.717) is 0 Å². The number of hydrogen-bond donors (Lipinski definition) is 4. The quantitative estimate of drug-likeness (QED) is 0.575. The molecule has 110 valence electrons. The predicted molar refractivity (Wildman–Crippen MR) is 70.4 cm³/mol. The summed E-state index contributed by atoms with van der Waals surface area (Å²) in [5.74, 6) is -1.98. The third kappa shape index (κ3) is 5.58. The number of primary amides is 1. The van der Waals surface area contributed by atoms with Crippen LogP contribution in [0.1, 0.15) is 34.6 Å². The summed E-state index contributed by atoms with van der Waals surface area (Å²) >= 11 is 0. The summed E-state index contributed by atoms with van der Waals surface area (Å²) in [5, 5.41) is 13.8. The molecule has 0 aliphatic rings. The van der Waals surface area contributed by atoms with Gasteiger partial charge in [-0.2, -0.15) is 0 Å². The Labute approximate surface area is 112 Å². The number of rotatable bonds is 5. The maximum Gasteiger partial charge on any atom is 0.326 e. The summed E-state index contributed by atoms with van der Waals surface area (Å²) < 4.78 is 0. The van der Waals surface area contributed by atoms with Crippen molar-refractivity contribution in [2.75, 3.05) is 0 Å². The SMILES string of the molecule is CC(C)C(NC(=O)NC(C(=O)O)C(C)(C)C)C(N)=O. The summed E-state index contributed by atoms with van der Waals surface area (Å²) in [7, 11) is 0. The molecule has 19 heavy (non-hydrogen) atoms. The Bertz CT molecular complexity index is 360. The van der Waals surface area contributed by atoms with Crippen molar-refractivity contribution in [2.45, 2.75) is 46.7 Å². The Balaban J connectivity index is 4.76. The van der Waals surface area contributed by atoms with E-state index in [-0.39, 0.29) is 5.92 Å². The highest BCUT2D eigenvalue weighted by Crippen LogP contribution is 2.19. The van der Waals surface area contributed by atoms with Gasteiger partial charge in [0.1, 0.15) is 12.1 Å². The number of carbonyl (C=O) groups excluding carboxylic acids is 2. The van der Waals surface area contributed by atoms with Crippen molar-refractivity contribution in [3.05, 3.63) is 0 Å². The van der Waals surface area contributed by atoms with Crippen LogP contribution in [0.3, 0.4) is 0 Å². The topological polar surface area (TPSA) is 122 Å². The van der Waals surface area contributed by atoms with Crippen molar-refractivity contribution < 1.29 is 19.5 Å². The van der Waals surface area contributed by atoms with E-state index in [1.165, 1.54) is 0 Å². The fourth-order valence-corrected chi connectivity index (χ4v) is 1.53. The maximum absolute atomic E-state index is 11.7. The normalized spacial score (nSPS) is 14.6. The molecule has 5 N–H and O–H groups in total. The molecular formula is C12H23N3O4. The van der Waals surface area contributed by atoms with E-state index in [0.717, 1.165) is 0 Å². The van der Waals surface area contributed by atoms with Crippen molar-refractivity contribution >= 4 is 17.9 Å². The van der Waals surface area contributed by atoms with Crippen molar-refractivity contribution in [2.24, 2.45) is 17.1 Å². The second kappa shape index (κ2) is 6.40. The van der Waals surface area contributed by atoms with E-state index >= 15 is 0 Å². The minimum Gasteiger partial charge on any atom is -0.480 e. The second-order valence-electron chi connectivity index (χ2n) is 5.88. The molecule has 0 aromatic rings. The zero-order valence-corrected chi connectivity index (χ0v) is 12.0. The standard InChI is InChI=1S/C12H23N3O4/c1-6(2)7(9(13)16)14-11(19)15-8(10(17)18)12(3,4)5/h6-8H,1-5H3,(H2,13,16)(H,17,18)(H2,14,15,19). The molecule has 0 fully saturated rings. The number of nitrogens with one attached hydrogen (secondary N) is 2. The zero-order chi connectivity index (χ0) is 15.4. The van der Waals surface area contributed by atoms with Gasteiger partial charge in [-0.15, -0.1) is 0 Å². The van der Waals surface area contributed by atoms with Gasteiger partial charge in [0, 0.05) is 0 Å². The molecule has 3 amide bonds. The summed E-state index contributed by atoms with van der Waals surface area (Å²) in [6, 6.07) is -2.62. The van der Waals surface area contributed by atoms with Crippen molar-refractivity contribution in [3.63, 3.8) is 0 Å². The molecule has 0 aromatic heterocycles. The van der Waals surface area contributed by atoms with E-state index < -0.39 is 35.4 Å². The minimum absolute atomic E-state index is 0.179. The molecule has 0 aliphatic carbocycles. The Morgan fingerprint density at radius 3 is 1.84 bits per heavy atom. The first-order valence-corrected chi connectivity index (χ1v) is 6.06. The monoisotopic (exact) mass is 273 g/mol. The lowest BCUT2D eigenvalue weighted by atomic mass is 9.87. The van der Waals surface area contributed by atoms with Crippen LogP contribution in [-0.2, 0) is 9.59 Å². The van der Waals surface area contributed by atoms with E-state index in [1.807, 2.05) is 0 Å². The zero-order valence-electron chi connectivity index (χ0n) is 12.0. The van der Waals surface area contributed by atoms with Crippen molar-refractivity contribution in [1.29, 1.82) is 0 Å². The fraction of sp³-hybridized carbons (Fsp3) is 0.750. The number of aliphatic carboxylic acids is 1. The number of carboxylic acid groups (broad SMARTS) is 1. The number of carbonyl (C=O) groups is 3. The molecule has 0 rings (SSSR count). The first-order chi connectivity index (χ1) is 8.46. The van der Waals surface area contributed by atoms with Crippen LogP contribution in [-0.4, -0.2) is 35.1 Å². The van der Waals surface area contributed by atoms with Gasteiger partial charge >= 0.3 is 12.0 Å². The van der Waals surface area contributed by atoms with Gasteiger partial charge in [0.25, 0.3) is 0 Å². The fourth-order valence-electron chi connectivity index (χ4n) is 1.53. The lowest BCUT2D eigenvalue weighted by molar-refractivity contribution is -0.141. The van der Waals surface area contributed by atoms with E-state index in [1.54, 1.807) is 34.6 Å². The summed E-state index contributed by atoms with van der Waals surface area (Å²) in [5.41, 5.74) is 4.51. The maximum atomic E-state index is 11.7. The van der Waals surface area contributed by atoms with Crippen LogP contribution >= 0.6 is 0 Å². The Hall–Kier alpha value is -1.79. The molecule has 0 aliphatic heterocycles. The van der Waals surface area contributed by atoms with Crippen LogP contribution in [0.15, 0.2) is 0 Å². The van der Waals surface area contributed by atoms with Crippen molar-refractivity contribution in [1.82, 2.24) is 10.6 Å². The molecule has 7 heteroatoms. The summed E-state index contributed by atoms with van der Waals surface area (Å²) in [6.07, 6.45) is 0. The molecule has 0 spiro atoms. The van der Waals surface area contributed by atoms with Gasteiger partial charge in [0.05, 0.1) is 0 Å². The molecule has 0 radical (unpaired) electrons. The first-order valence-electron chi connectivity index (χ1n) is 6.06. The number of carboxylic acids is 1. The summed E-state index contributed by atoms with van der Waals surface area (Å²) in [6.45, 7) is 8.54. The van der Waals surface area contributed by atoms with Gasteiger partial charge in [-0.1, -0.05) is 34.6 Å². The van der Waals surface area contributed by atoms with E-state index in [2.05, 4.69) is 10.6 Å². The highest BCUT2D eigenvalue weighted by atomic mass is 16.4. The Morgan fingerprint density at radius 2 is 1.58 bits per heavy atom. The first kappa shape index (κ1) is 17.2. The van der Waals surface area contributed by atoms with Crippen LogP contribution < -0.4 is 16.4 Å². The van der Waals surface area contributed by atoms with E-state index in [9.17, 15) is 14.4 Å². The van der Waals surface area contributed by atoms with Gasteiger partial charge in [0.15, 0.2) is 0 Å². The third-order valence-corrected chi connectivity index (χ3v) is 2.65. The van der Waals surface area contributed by atoms with Crippen LogP contribution in [0.2, 0.25) is 0 Å². The predicted octanol–water partition coefficient (Wildman–Crippen LogP) is 0.295. The van der Waals surface area contributed by atoms with Gasteiger partial charge in [-0.3, -0.25) is 4.79 Å². The molecule has 7 nitrogen and oxygen atoms in total. The highest BCUT2D eigenvalue weighted by Gasteiger charge is 2.33. The molecule has 0 bridgehead atoms. The minimum atomic E-state index is -1.14. The number of hydrogen-bond acceptors (Lipinski definition) is 3. The smallest absolute Gasteiger partial charge is 0.326 e. The molecule has 0 saturated heterocycles. The van der Waals surface area contributed by atoms with Crippen LogP contribution in [0.4, 0.5) is 4.79 Å². The van der Waals surface area contributed by atoms with Gasteiger partial charge in [0.2, 0.25) is 5.91 Å². The number of urea groups is 1. The average molecular weight is 273 g/mol. The molecule has 0 aromatic carbocycles. The number of amides is 3. The Morgan fingerprint density at radius 1 is 1.11 bits per heavy atom. The van der Waals surface area contributed by atoms with E-state index in [4.69, 9.17) is 10.8 Å². The number of nitrogens with two attached hydrogens (primary N) is 1. The molecule has 0 saturated carbocycles. The largest absolute Gasteiger partial charge is 0.480 e. The van der Waals surface area contributed by atoms with Gasteiger partial charge in [-0.25, -0.2) is 9.59 Å². The summed E-state index contributed by atoms with van der Waals surface area (Å²) in [4.78, 5) is 34.0. The van der Waals surface area contributed by atoms with Crippen LogP contribution in [0, 0.1) is 11.3 Å². The van der Waals surface area contributed by atoms with Gasteiger partial charge in [-0.05, 0) is 11.3 Å². The molecule has 2 unspecified atom stereocenters. The third-order valence-electron chi connectivity index (χ3n) is 2.65. The lowest BCUT2D eigenvalue weighted by Gasteiger charge is -2.29. The van der Waals surface area contributed by atoms with Crippen LogP contribution in [0.5, 0.6) is 0 Å². The molecule has 2 atom stereocenters. The highest BCUT2D eigenvalue weighted by molar-refractivity contribution is 5.88. The molecule has 0 heterocycles. The average Bonchev–Trinajstić information content (AvgIpc) is 2.19. The Kier molecular flexibility index (Phi) is 5.80. The lowest BCUT2D eigenvalue weighted by Crippen LogP contribution is -2.57. The van der Waals surface area contributed by atoms with Crippen LogP contribution in [0.25, 0.3) is 0 Å².